The van der Waals surface area contributed by atoms with E-state index in [1.54, 1.807) is 0 Å². The van der Waals surface area contributed by atoms with Gasteiger partial charge in [0, 0.05) is 0 Å². The minimum absolute atomic E-state index is 0.252. The summed E-state index contributed by atoms with van der Waals surface area (Å²) in [6.45, 7) is 0. The highest BCUT2D eigenvalue weighted by molar-refractivity contribution is 6.05. The summed E-state index contributed by atoms with van der Waals surface area (Å²) in [5, 5.41) is 0. The molecule has 4 heteroatoms. The number of hydrogen-bond donors (Lipinski definition) is 2. The van der Waals surface area contributed by atoms with Crippen molar-refractivity contribution in [3.8, 4) is 22.3 Å². The molecule has 4 nitrogen and oxygen atoms in total. The molecule has 4 rings (SSSR count). The maximum absolute atomic E-state index is 12.1. The van der Waals surface area contributed by atoms with Crippen LogP contribution in [0.15, 0.2) is 72.8 Å². The largest absolute Gasteiger partial charge is 0.369 e. The molecule has 0 atom stereocenters. The molecule has 0 radical (unpaired) electrons. The molecule has 2 amide bonds. The van der Waals surface area contributed by atoms with Crippen molar-refractivity contribution in [2.45, 2.75) is 12.8 Å². The molecule has 1 aliphatic rings. The van der Waals surface area contributed by atoms with Gasteiger partial charge in [0.2, 0.25) is 11.8 Å². The summed E-state index contributed by atoms with van der Waals surface area (Å²) < 4.78 is 0. The topological polar surface area (TPSA) is 86.2 Å². The zero-order valence-electron chi connectivity index (χ0n) is 14.8. The first-order valence-corrected chi connectivity index (χ1v) is 8.88. The zero-order chi connectivity index (χ0) is 19.0. The second-order valence-corrected chi connectivity index (χ2v) is 7.06. The van der Waals surface area contributed by atoms with Gasteiger partial charge in [-0.05, 0) is 46.2 Å². The fraction of sp³-hybridized carbons (Fsp3) is 0.130. The van der Waals surface area contributed by atoms with Crippen LogP contribution in [0.4, 0.5) is 0 Å². The number of rotatable bonds is 4. The van der Waals surface area contributed by atoms with E-state index >= 15 is 0 Å². The Balaban J connectivity index is 1.92. The van der Waals surface area contributed by atoms with E-state index in [0.29, 0.717) is 0 Å². The minimum atomic E-state index is -1.34. The number of nitrogens with two attached hydrogens (primary N) is 2. The number of carbonyl (C=O) groups excluding carboxylic acids is 2. The Bertz CT molecular complexity index is 943. The van der Waals surface area contributed by atoms with E-state index < -0.39 is 17.2 Å². The van der Waals surface area contributed by atoms with Crippen LogP contribution in [0, 0.1) is 5.41 Å². The average molecular weight is 356 g/mol. The van der Waals surface area contributed by atoms with Gasteiger partial charge in [-0.25, -0.2) is 0 Å². The first-order chi connectivity index (χ1) is 13.0. The van der Waals surface area contributed by atoms with Gasteiger partial charge in [-0.1, -0.05) is 72.8 Å². The van der Waals surface area contributed by atoms with Crippen LogP contribution in [-0.4, -0.2) is 11.8 Å². The smallest absolute Gasteiger partial charge is 0.233 e. The molecule has 0 aromatic heterocycles. The number of benzene rings is 3. The fourth-order valence-electron chi connectivity index (χ4n) is 3.91. The number of carbonyl (C=O) groups is 2. The van der Waals surface area contributed by atoms with Crippen LogP contribution in [0.25, 0.3) is 22.3 Å². The maximum atomic E-state index is 12.1. The Kier molecular flexibility index (Phi) is 4.04. The highest BCUT2D eigenvalue weighted by Gasteiger charge is 2.48. The van der Waals surface area contributed by atoms with Crippen LogP contribution >= 0.6 is 0 Å². The third kappa shape index (κ3) is 2.79. The second kappa shape index (κ2) is 6.40. The molecule has 0 saturated carbocycles. The average Bonchev–Trinajstić information content (AvgIpc) is 3.09. The Morgan fingerprint density at radius 3 is 1.37 bits per heavy atom. The Morgan fingerprint density at radius 2 is 1.04 bits per heavy atom. The molecule has 3 aromatic carbocycles. The molecule has 0 heterocycles. The van der Waals surface area contributed by atoms with E-state index in [-0.39, 0.29) is 12.8 Å². The van der Waals surface area contributed by atoms with Crippen molar-refractivity contribution in [1.82, 2.24) is 0 Å². The monoisotopic (exact) mass is 356 g/mol. The lowest BCUT2D eigenvalue weighted by molar-refractivity contribution is -0.139. The molecule has 0 saturated heterocycles. The molecule has 27 heavy (non-hydrogen) atoms. The lowest BCUT2D eigenvalue weighted by Gasteiger charge is -2.20. The molecule has 0 unspecified atom stereocenters. The molecule has 4 N–H and O–H groups in total. The van der Waals surface area contributed by atoms with Crippen molar-refractivity contribution in [2.75, 3.05) is 0 Å². The molecule has 0 bridgehead atoms. The van der Waals surface area contributed by atoms with Crippen LogP contribution in [0.1, 0.15) is 11.1 Å². The van der Waals surface area contributed by atoms with Crippen molar-refractivity contribution in [1.29, 1.82) is 0 Å². The number of primary amides is 2. The summed E-state index contributed by atoms with van der Waals surface area (Å²) in [7, 11) is 0. The summed E-state index contributed by atoms with van der Waals surface area (Å²) in [5.74, 6) is -1.32. The van der Waals surface area contributed by atoms with Crippen molar-refractivity contribution < 1.29 is 9.59 Å². The molecule has 0 spiro atoms. The van der Waals surface area contributed by atoms with Crippen molar-refractivity contribution in [2.24, 2.45) is 16.9 Å². The highest BCUT2D eigenvalue weighted by atomic mass is 16.2. The van der Waals surface area contributed by atoms with E-state index in [2.05, 4.69) is 36.4 Å². The summed E-state index contributed by atoms with van der Waals surface area (Å²) in [4.78, 5) is 24.1. The normalized spacial score (nSPS) is 14.5. The van der Waals surface area contributed by atoms with E-state index in [1.807, 2.05) is 36.4 Å². The lowest BCUT2D eigenvalue weighted by atomic mass is 9.83. The summed E-state index contributed by atoms with van der Waals surface area (Å²) >= 11 is 0. The van der Waals surface area contributed by atoms with Gasteiger partial charge in [0.25, 0.3) is 0 Å². The molecule has 134 valence electrons. The number of amides is 2. The first kappa shape index (κ1) is 17.0. The van der Waals surface area contributed by atoms with Crippen LogP contribution < -0.4 is 11.5 Å². The van der Waals surface area contributed by atoms with Crippen molar-refractivity contribution in [3.63, 3.8) is 0 Å². The van der Waals surface area contributed by atoms with Gasteiger partial charge in [0.1, 0.15) is 5.41 Å². The lowest BCUT2D eigenvalue weighted by Crippen LogP contribution is -2.48. The third-order valence-corrected chi connectivity index (χ3v) is 5.44. The summed E-state index contributed by atoms with van der Waals surface area (Å²) in [5.41, 5.74) is 16.0. The predicted molar refractivity (Wildman–Crippen MR) is 106 cm³/mol. The maximum Gasteiger partial charge on any atom is 0.233 e. The van der Waals surface area contributed by atoms with Crippen LogP contribution in [0.2, 0.25) is 0 Å². The van der Waals surface area contributed by atoms with E-state index in [1.165, 1.54) is 0 Å². The van der Waals surface area contributed by atoms with Crippen molar-refractivity contribution >= 4 is 11.8 Å². The quantitative estimate of drug-likeness (QED) is 0.704. The van der Waals surface area contributed by atoms with E-state index in [0.717, 1.165) is 33.4 Å². The van der Waals surface area contributed by atoms with Gasteiger partial charge in [-0.2, -0.15) is 0 Å². The van der Waals surface area contributed by atoms with Crippen molar-refractivity contribution in [3.05, 3.63) is 83.9 Å². The molecule has 1 aliphatic carbocycles. The van der Waals surface area contributed by atoms with Gasteiger partial charge in [-0.15, -0.1) is 0 Å². The van der Waals surface area contributed by atoms with Gasteiger partial charge >= 0.3 is 0 Å². The minimum Gasteiger partial charge on any atom is -0.369 e. The highest BCUT2D eigenvalue weighted by Crippen LogP contribution is 2.42. The first-order valence-electron chi connectivity index (χ1n) is 8.88. The van der Waals surface area contributed by atoms with Crippen LogP contribution in [0.3, 0.4) is 0 Å². The number of fused-ring (bicyclic) bond motifs is 1. The third-order valence-electron chi connectivity index (χ3n) is 5.44. The summed E-state index contributed by atoms with van der Waals surface area (Å²) in [6, 6.07) is 24.3. The van der Waals surface area contributed by atoms with Gasteiger partial charge in [0.05, 0.1) is 0 Å². The Hall–Kier alpha value is -3.40. The van der Waals surface area contributed by atoms with Gasteiger partial charge in [-0.3, -0.25) is 9.59 Å². The van der Waals surface area contributed by atoms with Crippen LogP contribution in [0.5, 0.6) is 0 Å². The fourth-order valence-corrected chi connectivity index (χ4v) is 3.91. The molecule has 0 fully saturated rings. The van der Waals surface area contributed by atoms with Crippen LogP contribution in [-0.2, 0) is 22.4 Å². The predicted octanol–water partition coefficient (Wildman–Crippen LogP) is 3.08. The molecule has 0 aliphatic heterocycles. The molecular weight excluding hydrogens is 336 g/mol. The van der Waals surface area contributed by atoms with Gasteiger partial charge in [0.15, 0.2) is 0 Å². The standard InChI is InChI=1S/C23H20N2O2/c24-21(26)23(22(25)27)13-17-11-19(15-7-3-1-4-8-15)20(12-18(17)14-23)16-9-5-2-6-10-16/h1-12H,13-14H2,(H2,24,26)(H2,25,27). The second-order valence-electron chi connectivity index (χ2n) is 7.06. The Morgan fingerprint density at radius 1 is 0.667 bits per heavy atom. The Labute approximate surface area is 157 Å². The zero-order valence-corrected chi connectivity index (χ0v) is 14.8. The number of hydrogen-bond acceptors (Lipinski definition) is 2. The van der Waals surface area contributed by atoms with E-state index in [4.69, 9.17) is 11.5 Å². The van der Waals surface area contributed by atoms with E-state index in [9.17, 15) is 9.59 Å². The summed E-state index contributed by atoms with van der Waals surface area (Å²) in [6.07, 6.45) is 0.504. The van der Waals surface area contributed by atoms with Gasteiger partial charge < -0.3 is 11.5 Å². The SMILES string of the molecule is NC(=O)C1(C(N)=O)Cc2cc(-c3ccccc3)c(-c3ccccc3)cc2C1. The molecule has 3 aromatic rings. The molecular formula is C23H20N2O2.